The monoisotopic (exact) mass is 1180 g/mol. The number of esters is 4. The van der Waals surface area contributed by atoms with Crippen LogP contribution >= 0.6 is 15.6 Å². The summed E-state index contributed by atoms with van der Waals surface area (Å²) in [6, 6.07) is 0. The van der Waals surface area contributed by atoms with Gasteiger partial charge in [0.1, 0.15) is 19.3 Å². The lowest BCUT2D eigenvalue weighted by molar-refractivity contribution is -0.161. The molecule has 0 saturated carbocycles. The molecule has 0 aliphatic carbocycles. The van der Waals surface area contributed by atoms with Crippen molar-refractivity contribution in [1.29, 1.82) is 0 Å². The summed E-state index contributed by atoms with van der Waals surface area (Å²) in [6.45, 7) is 4.83. The van der Waals surface area contributed by atoms with Crippen LogP contribution in [0.1, 0.15) is 310 Å². The highest BCUT2D eigenvalue weighted by atomic mass is 31.2. The van der Waals surface area contributed by atoms with Gasteiger partial charge in [-0.2, -0.15) is 0 Å². The molecule has 19 heteroatoms. The lowest BCUT2D eigenvalue weighted by Gasteiger charge is -2.21. The number of rotatable bonds is 62. The first-order valence-corrected chi connectivity index (χ1v) is 35.3. The number of carbonyl (C=O) groups excluding carboxylic acids is 4. The Morgan fingerprint density at radius 1 is 0.300 bits per heavy atom. The second-order valence-electron chi connectivity index (χ2n) is 22.1. The van der Waals surface area contributed by atoms with Crippen LogP contribution in [-0.4, -0.2) is 96.7 Å². The second kappa shape index (κ2) is 56.2. The van der Waals surface area contributed by atoms with Gasteiger partial charge >= 0.3 is 39.5 Å². The van der Waals surface area contributed by atoms with Crippen LogP contribution in [0.25, 0.3) is 0 Å². The number of aliphatic hydroxyl groups excluding tert-OH is 1. The van der Waals surface area contributed by atoms with Crippen LogP contribution in [-0.2, 0) is 65.4 Å². The number of hydrogen-bond donors (Lipinski definition) is 3. The molecule has 0 rings (SSSR count). The first-order chi connectivity index (χ1) is 38.7. The first kappa shape index (κ1) is 78.1. The topological polar surface area (TPSA) is 237 Å². The number of carbonyl (C=O) groups is 4. The normalized spacial score (nSPS) is 14.2. The van der Waals surface area contributed by atoms with Gasteiger partial charge in [-0.15, -0.1) is 0 Å². The third kappa shape index (κ3) is 55.3. The molecule has 0 aliphatic heterocycles. The van der Waals surface area contributed by atoms with Crippen molar-refractivity contribution in [2.45, 2.75) is 329 Å². The molecule has 3 N–H and O–H groups in total. The fraction of sp³-hybridized carbons (Fsp3) is 0.934. The highest BCUT2D eigenvalue weighted by Crippen LogP contribution is 2.45. The van der Waals surface area contributed by atoms with Crippen molar-refractivity contribution in [2.75, 3.05) is 39.6 Å². The molecule has 0 aromatic heterocycles. The van der Waals surface area contributed by atoms with Crippen molar-refractivity contribution in [3.8, 4) is 0 Å². The molecule has 0 radical (unpaired) electrons. The van der Waals surface area contributed by atoms with E-state index in [4.69, 9.17) is 37.0 Å². The molecule has 0 aromatic rings. The maximum absolute atomic E-state index is 12.9. The summed E-state index contributed by atoms with van der Waals surface area (Å²) in [5, 5.41) is 10.5. The summed E-state index contributed by atoms with van der Waals surface area (Å²) in [5.41, 5.74) is 0. The Hall–Kier alpha value is -1.94. The van der Waals surface area contributed by atoms with E-state index in [0.717, 1.165) is 96.3 Å². The van der Waals surface area contributed by atoms with E-state index in [2.05, 4.69) is 27.7 Å². The van der Waals surface area contributed by atoms with E-state index in [-0.39, 0.29) is 25.7 Å². The van der Waals surface area contributed by atoms with Gasteiger partial charge in [-0.3, -0.25) is 37.3 Å². The van der Waals surface area contributed by atoms with Crippen LogP contribution < -0.4 is 0 Å². The molecule has 0 aromatic carbocycles. The van der Waals surface area contributed by atoms with Gasteiger partial charge in [0.2, 0.25) is 0 Å². The fourth-order valence-electron chi connectivity index (χ4n) is 9.10. The number of phosphoric ester groups is 2. The molecule has 0 bridgehead atoms. The van der Waals surface area contributed by atoms with Crippen molar-refractivity contribution < 1.29 is 80.2 Å². The van der Waals surface area contributed by atoms with E-state index < -0.39 is 97.5 Å². The lowest BCUT2D eigenvalue weighted by Crippen LogP contribution is -2.30. The Labute approximate surface area is 486 Å². The van der Waals surface area contributed by atoms with Gasteiger partial charge in [0.05, 0.1) is 26.4 Å². The lowest BCUT2D eigenvalue weighted by atomic mass is 10.0. The van der Waals surface area contributed by atoms with E-state index >= 15 is 0 Å². The second-order valence-corrected chi connectivity index (χ2v) is 25.0. The van der Waals surface area contributed by atoms with E-state index in [1.165, 1.54) is 135 Å². The summed E-state index contributed by atoms with van der Waals surface area (Å²) in [7, 11) is -9.87. The van der Waals surface area contributed by atoms with Gasteiger partial charge in [0, 0.05) is 25.7 Å². The van der Waals surface area contributed by atoms with Gasteiger partial charge < -0.3 is 33.8 Å². The minimum absolute atomic E-state index is 0.106. The number of phosphoric acid groups is 2. The molecule has 80 heavy (non-hydrogen) atoms. The Balaban J connectivity index is 5.21. The quantitative estimate of drug-likeness (QED) is 0.0222. The molecular formula is C61H118O17P2. The van der Waals surface area contributed by atoms with Crippen molar-refractivity contribution in [3.05, 3.63) is 0 Å². The predicted octanol–water partition coefficient (Wildman–Crippen LogP) is 16.8. The summed E-state index contributed by atoms with van der Waals surface area (Å²) in [5.74, 6) is -2.14. The predicted molar refractivity (Wildman–Crippen MR) is 317 cm³/mol. The Morgan fingerprint density at radius 3 is 0.738 bits per heavy atom. The maximum atomic E-state index is 12.9. The highest BCUT2D eigenvalue weighted by Gasteiger charge is 2.30. The van der Waals surface area contributed by atoms with Crippen LogP contribution in [0.5, 0.6) is 0 Å². The molecule has 0 saturated heterocycles. The average Bonchev–Trinajstić information content (AvgIpc) is 3.43. The van der Waals surface area contributed by atoms with Crippen LogP contribution in [0.2, 0.25) is 0 Å². The summed E-state index contributed by atoms with van der Waals surface area (Å²) in [4.78, 5) is 71.9. The van der Waals surface area contributed by atoms with Gasteiger partial charge in [0.15, 0.2) is 12.2 Å². The molecule has 0 fully saturated rings. The number of unbranched alkanes of at least 4 members (excludes halogenated alkanes) is 36. The standard InChI is InChI=1S/C61H118O17P2/c1-5-9-13-17-21-25-27-29-32-36-40-44-48-61(66)78-57(52-72-59(64)46-42-38-34-31-28-26-22-18-14-10-6-2)54-76-80(69,70)74-50-55(62)49-73-79(67,68)75-53-56(51-71-58(63)45-41-37-33-24-20-16-12-8-4)77-60(65)47-43-39-35-30-23-19-15-11-7-3/h55-57,62H,5-54H2,1-4H3,(H,67,68)(H,69,70)/t55-,56+,57+/m0/s1. The van der Waals surface area contributed by atoms with Gasteiger partial charge in [0.25, 0.3) is 0 Å². The van der Waals surface area contributed by atoms with Crippen LogP contribution in [0.3, 0.4) is 0 Å². The molecule has 0 aliphatic rings. The largest absolute Gasteiger partial charge is 0.472 e. The molecule has 2 unspecified atom stereocenters. The summed E-state index contributed by atoms with van der Waals surface area (Å²) in [6.07, 6.45) is 40.2. The third-order valence-corrected chi connectivity index (χ3v) is 16.0. The van der Waals surface area contributed by atoms with E-state index in [0.29, 0.717) is 25.7 Å². The smallest absolute Gasteiger partial charge is 0.462 e. The van der Waals surface area contributed by atoms with Gasteiger partial charge in [-0.25, -0.2) is 9.13 Å². The molecule has 0 spiro atoms. The Morgan fingerprint density at radius 2 is 0.500 bits per heavy atom. The van der Waals surface area contributed by atoms with E-state index in [1.807, 2.05) is 0 Å². The Kier molecular flexibility index (Phi) is 54.8. The first-order valence-electron chi connectivity index (χ1n) is 32.3. The van der Waals surface area contributed by atoms with Crippen LogP contribution in [0.15, 0.2) is 0 Å². The minimum atomic E-state index is -4.94. The number of aliphatic hydroxyl groups is 1. The third-order valence-electron chi connectivity index (χ3n) is 14.1. The molecule has 5 atom stereocenters. The van der Waals surface area contributed by atoms with Gasteiger partial charge in [-0.05, 0) is 25.7 Å². The van der Waals surface area contributed by atoms with Crippen molar-refractivity contribution in [2.24, 2.45) is 0 Å². The van der Waals surface area contributed by atoms with Crippen LogP contribution in [0, 0.1) is 0 Å². The van der Waals surface area contributed by atoms with E-state index in [1.54, 1.807) is 0 Å². The molecule has 0 heterocycles. The van der Waals surface area contributed by atoms with Crippen molar-refractivity contribution in [3.63, 3.8) is 0 Å². The van der Waals surface area contributed by atoms with Crippen LogP contribution in [0.4, 0.5) is 0 Å². The zero-order chi connectivity index (χ0) is 59.1. The maximum Gasteiger partial charge on any atom is 0.472 e. The van der Waals surface area contributed by atoms with E-state index in [9.17, 15) is 43.2 Å². The summed E-state index contributed by atoms with van der Waals surface area (Å²) >= 11 is 0. The summed E-state index contributed by atoms with van der Waals surface area (Å²) < 4.78 is 67.8. The minimum Gasteiger partial charge on any atom is -0.462 e. The molecule has 0 amide bonds. The SMILES string of the molecule is CCCCCCCCCCCCCCC(=O)O[C@H](COC(=O)CCCCCCCCCCCCC)COP(=O)(O)OC[C@@H](O)COP(=O)(O)OC[C@@H](COC(=O)CCCCCCCCCC)OC(=O)CCCCCCCCCCC. The van der Waals surface area contributed by atoms with Crippen molar-refractivity contribution in [1.82, 2.24) is 0 Å². The molecule has 17 nitrogen and oxygen atoms in total. The zero-order valence-electron chi connectivity index (χ0n) is 51.0. The van der Waals surface area contributed by atoms with Crippen molar-refractivity contribution >= 4 is 39.5 Å². The number of ether oxygens (including phenoxy) is 4. The zero-order valence-corrected chi connectivity index (χ0v) is 52.8. The molecule has 474 valence electrons. The fourth-order valence-corrected chi connectivity index (χ4v) is 10.7. The van der Waals surface area contributed by atoms with Gasteiger partial charge in [-0.1, -0.05) is 259 Å². The molecular weight excluding hydrogens is 1070 g/mol. The average molecular weight is 1190 g/mol. The highest BCUT2D eigenvalue weighted by molar-refractivity contribution is 7.47. The Bertz CT molecular complexity index is 1550. The number of hydrogen-bond acceptors (Lipinski definition) is 15.